The normalized spacial score (nSPS) is 11.8. The molecule has 3 aromatic carbocycles. The van der Waals surface area contributed by atoms with Crippen molar-refractivity contribution in [1.29, 1.82) is 0 Å². The first kappa shape index (κ1) is 22.5. The van der Waals surface area contributed by atoms with Gasteiger partial charge in [-0.15, -0.1) is 0 Å². The number of benzene rings is 3. The molecule has 0 aliphatic heterocycles. The molecule has 0 aromatic heterocycles. The predicted octanol–water partition coefficient (Wildman–Crippen LogP) is 6.59. The third kappa shape index (κ3) is 6.16. The van der Waals surface area contributed by atoms with E-state index in [2.05, 4.69) is 37.2 Å². The number of nitrogens with one attached hydrogen (secondary N) is 1. The van der Waals surface area contributed by atoms with Gasteiger partial charge in [-0.05, 0) is 72.9 Å². The van der Waals surface area contributed by atoms with Crippen molar-refractivity contribution in [2.24, 2.45) is 0 Å². The highest BCUT2D eigenvalue weighted by atomic mass is 79.9. The summed E-state index contributed by atoms with van der Waals surface area (Å²) in [6.45, 7) is 0.421. The molecule has 0 saturated carbocycles. The van der Waals surface area contributed by atoms with Gasteiger partial charge in [-0.2, -0.15) is 0 Å². The van der Waals surface area contributed by atoms with Crippen LogP contribution in [-0.2, 0) is 6.42 Å². The zero-order chi connectivity index (χ0) is 21.5. The summed E-state index contributed by atoms with van der Waals surface area (Å²) in [5, 5.41) is 12.8. The Morgan fingerprint density at radius 1 is 1.00 bits per heavy atom. The van der Waals surface area contributed by atoms with Crippen molar-refractivity contribution in [3.63, 3.8) is 0 Å². The minimum Gasteiger partial charge on any atom is -0.507 e. The lowest BCUT2D eigenvalue weighted by Crippen LogP contribution is -2.28. The topological polar surface area (TPSA) is 49.3 Å². The van der Waals surface area contributed by atoms with Crippen molar-refractivity contribution in [1.82, 2.24) is 5.32 Å². The van der Waals surface area contributed by atoms with E-state index in [1.54, 1.807) is 24.3 Å². The second-order valence-corrected chi connectivity index (χ2v) is 8.94. The highest BCUT2D eigenvalue weighted by molar-refractivity contribution is 9.10. The van der Waals surface area contributed by atoms with E-state index in [1.165, 1.54) is 12.1 Å². The summed E-state index contributed by atoms with van der Waals surface area (Å²) in [5.41, 5.74) is 2.02. The Morgan fingerprint density at radius 3 is 2.53 bits per heavy atom. The van der Waals surface area contributed by atoms with Gasteiger partial charge in [0.05, 0.1) is 5.56 Å². The van der Waals surface area contributed by atoms with E-state index in [1.807, 2.05) is 30.3 Å². The number of rotatable bonds is 8. The largest absolute Gasteiger partial charge is 0.507 e. The summed E-state index contributed by atoms with van der Waals surface area (Å²) < 4.78 is 15.9. The van der Waals surface area contributed by atoms with Crippen LogP contribution < -0.4 is 5.32 Å². The molecule has 156 valence electrons. The number of aryl methyl sites for hydroxylation is 1. The van der Waals surface area contributed by atoms with Gasteiger partial charge in [0.15, 0.2) is 0 Å². The fourth-order valence-corrected chi connectivity index (χ4v) is 4.22. The van der Waals surface area contributed by atoms with Crippen LogP contribution in [0.5, 0.6) is 5.75 Å². The third-order valence-corrected chi connectivity index (χ3v) is 5.97. The van der Waals surface area contributed by atoms with E-state index < -0.39 is 0 Å². The summed E-state index contributed by atoms with van der Waals surface area (Å²) in [4.78, 5) is 12.5. The van der Waals surface area contributed by atoms with Crippen LogP contribution in [-0.4, -0.2) is 17.6 Å². The molecule has 6 heteroatoms. The number of carbonyl (C=O) groups is 1. The zero-order valence-corrected chi connectivity index (χ0v) is 19.4. The minimum absolute atomic E-state index is 0.0425. The second kappa shape index (κ2) is 10.7. The smallest absolute Gasteiger partial charge is 0.255 e. The van der Waals surface area contributed by atoms with Crippen LogP contribution in [0.1, 0.15) is 40.2 Å². The van der Waals surface area contributed by atoms with E-state index >= 15 is 0 Å². The van der Waals surface area contributed by atoms with Crippen LogP contribution in [0.2, 0.25) is 0 Å². The minimum atomic E-state index is -0.314. The number of carbonyl (C=O) groups excluding carboxylic acids is 1. The molecule has 1 atom stereocenters. The Balaban J connectivity index is 1.68. The first-order chi connectivity index (χ1) is 14.4. The quantitative estimate of drug-likeness (QED) is 0.342. The van der Waals surface area contributed by atoms with Gasteiger partial charge in [-0.1, -0.05) is 56.1 Å². The van der Waals surface area contributed by atoms with E-state index in [4.69, 9.17) is 0 Å². The number of halogens is 3. The highest BCUT2D eigenvalue weighted by Crippen LogP contribution is 2.26. The van der Waals surface area contributed by atoms with E-state index in [9.17, 15) is 14.3 Å². The molecule has 30 heavy (non-hydrogen) atoms. The molecular weight excluding hydrogens is 513 g/mol. The van der Waals surface area contributed by atoms with E-state index in [0.29, 0.717) is 18.5 Å². The Kier molecular flexibility index (Phi) is 8.05. The first-order valence-electron chi connectivity index (χ1n) is 9.69. The number of phenolic OH excluding ortho intramolecular Hbond substituents is 1. The molecule has 3 aromatic rings. The van der Waals surface area contributed by atoms with Gasteiger partial charge in [-0.3, -0.25) is 4.79 Å². The summed E-state index contributed by atoms with van der Waals surface area (Å²) in [6, 6.07) is 19.4. The lowest BCUT2D eigenvalue weighted by Gasteiger charge is -2.19. The number of hydrogen-bond donors (Lipinski definition) is 2. The molecule has 0 fully saturated rings. The number of aromatic hydroxyl groups is 1. The molecule has 3 nitrogen and oxygen atoms in total. The monoisotopic (exact) mass is 533 g/mol. The van der Waals surface area contributed by atoms with Crippen molar-refractivity contribution >= 4 is 37.8 Å². The van der Waals surface area contributed by atoms with Crippen LogP contribution >= 0.6 is 31.9 Å². The van der Waals surface area contributed by atoms with Gasteiger partial charge in [0, 0.05) is 21.4 Å². The van der Waals surface area contributed by atoms with Crippen molar-refractivity contribution in [2.45, 2.75) is 25.2 Å². The number of hydrogen-bond acceptors (Lipinski definition) is 2. The van der Waals surface area contributed by atoms with Crippen molar-refractivity contribution in [3.8, 4) is 5.75 Å². The van der Waals surface area contributed by atoms with Crippen LogP contribution in [0, 0.1) is 5.82 Å². The summed E-state index contributed by atoms with van der Waals surface area (Å²) in [6.07, 6.45) is 2.17. The Morgan fingerprint density at radius 2 is 1.77 bits per heavy atom. The van der Waals surface area contributed by atoms with Gasteiger partial charge in [0.25, 0.3) is 5.91 Å². The van der Waals surface area contributed by atoms with Gasteiger partial charge < -0.3 is 10.4 Å². The third-order valence-electron chi connectivity index (χ3n) is 4.98. The molecule has 0 spiro atoms. The van der Waals surface area contributed by atoms with Crippen molar-refractivity contribution < 1.29 is 14.3 Å². The first-order valence-corrected chi connectivity index (χ1v) is 11.3. The van der Waals surface area contributed by atoms with Crippen molar-refractivity contribution in [2.75, 3.05) is 6.54 Å². The molecule has 0 heterocycles. The zero-order valence-electron chi connectivity index (χ0n) is 16.2. The standard InChI is InChI=1S/C24H22Br2FNO2/c25-19-8-4-5-16(13-19)18(7-3-6-17-14-20(26)11-12-22(17)27)15-28-24(30)21-9-1-2-10-23(21)29/h1-2,4-5,8-14,18,29H,3,6-7,15H2,(H,28,30). The lowest BCUT2D eigenvalue weighted by molar-refractivity contribution is 0.0948. The molecule has 0 aliphatic carbocycles. The van der Waals surface area contributed by atoms with Gasteiger partial charge in [-0.25, -0.2) is 4.39 Å². The van der Waals surface area contributed by atoms with Crippen LogP contribution in [0.3, 0.4) is 0 Å². The van der Waals surface area contributed by atoms with Gasteiger partial charge in [0.2, 0.25) is 0 Å². The average molecular weight is 535 g/mol. The Hall–Kier alpha value is -2.18. The van der Waals surface area contributed by atoms with Crippen LogP contribution in [0.15, 0.2) is 75.7 Å². The van der Waals surface area contributed by atoms with Crippen LogP contribution in [0.25, 0.3) is 0 Å². The molecule has 0 bridgehead atoms. The number of para-hydroxylation sites is 1. The molecule has 2 N–H and O–H groups in total. The molecular formula is C24H22Br2FNO2. The fourth-order valence-electron chi connectivity index (χ4n) is 3.40. The lowest BCUT2D eigenvalue weighted by atomic mass is 9.92. The molecule has 1 unspecified atom stereocenters. The summed E-state index contributed by atoms with van der Waals surface area (Å²) >= 11 is 6.89. The molecule has 1 amide bonds. The summed E-state index contributed by atoms with van der Waals surface area (Å²) in [5.74, 6) is -0.497. The maximum atomic E-state index is 14.0. The van der Waals surface area contributed by atoms with Gasteiger partial charge in [0.1, 0.15) is 11.6 Å². The predicted molar refractivity (Wildman–Crippen MR) is 124 cm³/mol. The number of phenols is 1. The maximum absolute atomic E-state index is 14.0. The van der Waals surface area contributed by atoms with E-state index in [-0.39, 0.29) is 29.0 Å². The second-order valence-electron chi connectivity index (χ2n) is 7.11. The fraction of sp³-hybridized carbons (Fsp3) is 0.208. The molecule has 0 aliphatic rings. The summed E-state index contributed by atoms with van der Waals surface area (Å²) in [7, 11) is 0. The van der Waals surface area contributed by atoms with Crippen LogP contribution in [0.4, 0.5) is 4.39 Å². The molecule has 3 rings (SSSR count). The van der Waals surface area contributed by atoms with Gasteiger partial charge >= 0.3 is 0 Å². The SMILES string of the molecule is O=C(NCC(CCCc1cc(Br)ccc1F)c1cccc(Br)c1)c1ccccc1O. The highest BCUT2D eigenvalue weighted by Gasteiger charge is 2.16. The molecule has 0 saturated heterocycles. The average Bonchev–Trinajstić information content (AvgIpc) is 2.73. The maximum Gasteiger partial charge on any atom is 0.255 e. The Bertz CT molecular complexity index is 1030. The van der Waals surface area contributed by atoms with Crippen molar-refractivity contribution in [3.05, 3.63) is 98.2 Å². The van der Waals surface area contributed by atoms with E-state index in [0.717, 1.165) is 27.4 Å². The number of amides is 1. The Labute approximate surface area is 192 Å². The molecule has 0 radical (unpaired) electrons.